The van der Waals surface area contributed by atoms with Gasteiger partial charge in [-0.25, -0.2) is 0 Å². The number of nitrogens with one attached hydrogen (secondary N) is 1. The van der Waals surface area contributed by atoms with Crippen molar-refractivity contribution in [2.75, 3.05) is 25.0 Å². The van der Waals surface area contributed by atoms with Crippen LogP contribution in [0.1, 0.15) is 18.9 Å². The van der Waals surface area contributed by atoms with Crippen molar-refractivity contribution in [3.05, 3.63) is 28.8 Å². The molecule has 1 aromatic carbocycles. The lowest BCUT2D eigenvalue weighted by Crippen LogP contribution is -2.49. The number of carbonyl (C=O) groups excluding carboxylic acids is 1. The number of nitrogens with two attached hydrogens (primary N) is 1. The van der Waals surface area contributed by atoms with Gasteiger partial charge in [-0.2, -0.15) is 5.26 Å². The Morgan fingerprint density at radius 1 is 1.62 bits per heavy atom. The second-order valence-electron chi connectivity index (χ2n) is 5.52. The molecule has 6 heteroatoms. The zero-order valence-electron chi connectivity index (χ0n) is 12.0. The van der Waals surface area contributed by atoms with Gasteiger partial charge in [0.15, 0.2) is 0 Å². The Morgan fingerprint density at radius 2 is 2.38 bits per heavy atom. The molecule has 0 saturated carbocycles. The summed E-state index contributed by atoms with van der Waals surface area (Å²) in [6.45, 7) is 4.08. The molecule has 2 rings (SSSR count). The molecule has 0 radical (unpaired) electrons. The number of nitriles is 1. The van der Waals surface area contributed by atoms with Gasteiger partial charge in [0.1, 0.15) is 6.07 Å². The first-order chi connectivity index (χ1) is 9.99. The number of rotatable bonds is 3. The van der Waals surface area contributed by atoms with E-state index >= 15 is 0 Å². The summed E-state index contributed by atoms with van der Waals surface area (Å²) in [5, 5.41) is 11.9. The normalized spacial score (nSPS) is 22.6. The molecular weight excluding hydrogens is 288 g/mol. The topological polar surface area (TPSA) is 82.2 Å². The molecule has 0 aliphatic carbocycles. The number of anilines is 1. The van der Waals surface area contributed by atoms with Crippen molar-refractivity contribution in [3.8, 4) is 6.07 Å². The maximum absolute atomic E-state index is 12.0. The zero-order chi connectivity index (χ0) is 15.4. The summed E-state index contributed by atoms with van der Waals surface area (Å²) < 4.78 is 0. The quantitative estimate of drug-likeness (QED) is 0.892. The van der Waals surface area contributed by atoms with Crippen LogP contribution in [0.25, 0.3) is 0 Å². The van der Waals surface area contributed by atoms with Crippen LogP contribution in [0, 0.1) is 17.2 Å². The predicted molar refractivity (Wildman–Crippen MR) is 83.0 cm³/mol. The van der Waals surface area contributed by atoms with Gasteiger partial charge in [0.05, 0.1) is 17.1 Å². The van der Waals surface area contributed by atoms with Crippen LogP contribution in [0.15, 0.2) is 18.2 Å². The predicted octanol–water partition coefficient (Wildman–Crippen LogP) is 1.82. The summed E-state index contributed by atoms with van der Waals surface area (Å²) in [5.41, 5.74) is 7.02. The third-order valence-electron chi connectivity index (χ3n) is 3.84. The molecule has 3 N–H and O–H groups in total. The molecule has 1 heterocycles. The molecule has 1 aliphatic heterocycles. The summed E-state index contributed by atoms with van der Waals surface area (Å²) >= 11 is 5.94. The first kappa shape index (κ1) is 15.8. The second kappa shape index (κ2) is 6.90. The maximum atomic E-state index is 12.0. The molecule has 5 nitrogen and oxygen atoms in total. The van der Waals surface area contributed by atoms with Gasteiger partial charge in [0.25, 0.3) is 0 Å². The molecule has 1 fully saturated rings. The van der Waals surface area contributed by atoms with Crippen LogP contribution in [0.2, 0.25) is 5.02 Å². The highest BCUT2D eigenvalue weighted by atomic mass is 35.5. The summed E-state index contributed by atoms with van der Waals surface area (Å²) in [4.78, 5) is 14.1. The minimum absolute atomic E-state index is 0.0995. The van der Waals surface area contributed by atoms with E-state index in [4.69, 9.17) is 22.6 Å². The Bertz CT molecular complexity index is 569. The van der Waals surface area contributed by atoms with E-state index in [1.54, 1.807) is 18.2 Å². The van der Waals surface area contributed by atoms with Gasteiger partial charge in [-0.3, -0.25) is 9.69 Å². The summed E-state index contributed by atoms with van der Waals surface area (Å²) in [6, 6.07) is 6.96. The van der Waals surface area contributed by atoms with Crippen molar-refractivity contribution >= 4 is 23.2 Å². The van der Waals surface area contributed by atoms with Crippen molar-refractivity contribution in [2.45, 2.75) is 19.4 Å². The number of carbonyl (C=O) groups is 1. The minimum Gasteiger partial charge on any atom is -0.326 e. The van der Waals surface area contributed by atoms with Gasteiger partial charge in [-0.15, -0.1) is 0 Å². The van der Waals surface area contributed by atoms with E-state index in [0.717, 1.165) is 19.5 Å². The molecule has 2 atom stereocenters. The smallest absolute Gasteiger partial charge is 0.238 e. The van der Waals surface area contributed by atoms with Crippen LogP contribution in [-0.2, 0) is 4.79 Å². The summed E-state index contributed by atoms with van der Waals surface area (Å²) in [5.74, 6) is 0.402. The van der Waals surface area contributed by atoms with Crippen molar-refractivity contribution < 1.29 is 4.79 Å². The van der Waals surface area contributed by atoms with Crippen LogP contribution in [0.3, 0.4) is 0 Å². The SMILES string of the molecule is CC1CCN(CC(=O)Nc2ccc(C#N)c(Cl)c2)CC1N. The van der Waals surface area contributed by atoms with Crippen LogP contribution in [-0.4, -0.2) is 36.5 Å². The molecule has 1 saturated heterocycles. The van der Waals surface area contributed by atoms with E-state index in [0.29, 0.717) is 28.7 Å². The van der Waals surface area contributed by atoms with Crippen LogP contribution in [0.4, 0.5) is 5.69 Å². The molecular formula is C15H19ClN4O. The number of hydrogen-bond donors (Lipinski definition) is 2. The number of halogens is 1. The lowest BCUT2D eigenvalue weighted by atomic mass is 9.94. The van der Waals surface area contributed by atoms with Crippen LogP contribution < -0.4 is 11.1 Å². The molecule has 1 aromatic rings. The number of nitrogens with zero attached hydrogens (tertiary/aromatic N) is 2. The van der Waals surface area contributed by atoms with Gasteiger partial charge in [-0.05, 0) is 37.1 Å². The van der Waals surface area contributed by atoms with Gasteiger partial charge in [0.2, 0.25) is 5.91 Å². The van der Waals surface area contributed by atoms with Crippen molar-refractivity contribution in [2.24, 2.45) is 11.7 Å². The van der Waals surface area contributed by atoms with Gasteiger partial charge in [-0.1, -0.05) is 18.5 Å². The number of benzene rings is 1. The van der Waals surface area contributed by atoms with Crippen LogP contribution in [0.5, 0.6) is 0 Å². The Morgan fingerprint density at radius 3 is 3.00 bits per heavy atom. The lowest BCUT2D eigenvalue weighted by Gasteiger charge is -2.34. The Hall–Kier alpha value is -1.61. The van der Waals surface area contributed by atoms with Crippen molar-refractivity contribution in [3.63, 3.8) is 0 Å². The minimum atomic E-state index is -0.0995. The van der Waals surface area contributed by atoms with Gasteiger partial charge >= 0.3 is 0 Å². The molecule has 1 amide bonds. The molecule has 1 aliphatic rings. The summed E-state index contributed by atoms with van der Waals surface area (Å²) in [7, 11) is 0. The molecule has 112 valence electrons. The largest absolute Gasteiger partial charge is 0.326 e. The highest BCUT2D eigenvalue weighted by Crippen LogP contribution is 2.20. The van der Waals surface area contributed by atoms with Crippen molar-refractivity contribution in [1.82, 2.24) is 4.90 Å². The average Bonchev–Trinajstić information content (AvgIpc) is 2.43. The molecule has 2 unspecified atom stereocenters. The highest BCUT2D eigenvalue weighted by molar-refractivity contribution is 6.32. The monoisotopic (exact) mass is 306 g/mol. The zero-order valence-corrected chi connectivity index (χ0v) is 12.7. The average molecular weight is 307 g/mol. The first-order valence-electron chi connectivity index (χ1n) is 6.97. The Labute approximate surface area is 129 Å². The fraction of sp³-hybridized carbons (Fsp3) is 0.467. The van der Waals surface area contributed by atoms with E-state index in [1.807, 2.05) is 6.07 Å². The number of amides is 1. The summed E-state index contributed by atoms with van der Waals surface area (Å²) in [6.07, 6.45) is 1.01. The fourth-order valence-electron chi connectivity index (χ4n) is 2.40. The fourth-order valence-corrected chi connectivity index (χ4v) is 2.62. The van der Waals surface area contributed by atoms with Crippen LogP contribution >= 0.6 is 11.6 Å². The van der Waals surface area contributed by atoms with E-state index in [1.165, 1.54) is 0 Å². The van der Waals surface area contributed by atoms with E-state index in [9.17, 15) is 4.79 Å². The Balaban J connectivity index is 1.90. The van der Waals surface area contributed by atoms with E-state index in [2.05, 4.69) is 17.1 Å². The van der Waals surface area contributed by atoms with Gasteiger partial charge < -0.3 is 11.1 Å². The highest BCUT2D eigenvalue weighted by Gasteiger charge is 2.24. The number of likely N-dealkylation sites (tertiary alicyclic amines) is 1. The third-order valence-corrected chi connectivity index (χ3v) is 4.15. The standard InChI is InChI=1S/C15H19ClN4O/c1-10-4-5-20(8-14(10)18)9-15(21)19-12-3-2-11(7-17)13(16)6-12/h2-3,6,10,14H,4-5,8-9,18H2,1H3,(H,19,21). The molecule has 0 spiro atoms. The molecule has 0 bridgehead atoms. The van der Waals surface area contributed by atoms with Gasteiger partial charge in [0, 0.05) is 18.3 Å². The molecule has 21 heavy (non-hydrogen) atoms. The number of piperidine rings is 1. The molecule has 0 aromatic heterocycles. The van der Waals surface area contributed by atoms with E-state index < -0.39 is 0 Å². The lowest BCUT2D eigenvalue weighted by molar-refractivity contribution is -0.117. The first-order valence-corrected chi connectivity index (χ1v) is 7.35. The number of hydrogen-bond acceptors (Lipinski definition) is 4. The van der Waals surface area contributed by atoms with Crippen molar-refractivity contribution in [1.29, 1.82) is 5.26 Å². The third kappa shape index (κ3) is 4.18. The second-order valence-corrected chi connectivity index (χ2v) is 5.93. The van der Waals surface area contributed by atoms with E-state index in [-0.39, 0.29) is 11.9 Å². The maximum Gasteiger partial charge on any atom is 0.238 e. The Kier molecular flexibility index (Phi) is 5.18.